The van der Waals surface area contributed by atoms with Crippen molar-refractivity contribution in [2.75, 3.05) is 47.6 Å². The van der Waals surface area contributed by atoms with E-state index in [9.17, 15) is 9.59 Å². The van der Waals surface area contributed by atoms with Crippen molar-refractivity contribution < 1.29 is 19.3 Å². The van der Waals surface area contributed by atoms with E-state index in [4.69, 9.17) is 4.74 Å². The van der Waals surface area contributed by atoms with E-state index in [2.05, 4.69) is 9.89 Å². The van der Waals surface area contributed by atoms with Crippen LogP contribution in [0.3, 0.4) is 0 Å². The third-order valence-electron chi connectivity index (χ3n) is 3.64. The highest BCUT2D eigenvalue weighted by atomic mass is 16.5. The van der Waals surface area contributed by atoms with Gasteiger partial charge in [0.2, 0.25) is 5.91 Å². The van der Waals surface area contributed by atoms with Gasteiger partial charge in [0.15, 0.2) is 5.92 Å². The van der Waals surface area contributed by atoms with Crippen LogP contribution in [-0.2, 0) is 9.53 Å². The lowest BCUT2D eigenvalue weighted by atomic mass is 10.0. The molecular formula is C12H21N4O3+. The number of amidine groups is 1. The van der Waals surface area contributed by atoms with E-state index in [0.717, 1.165) is 18.8 Å². The van der Waals surface area contributed by atoms with E-state index in [1.165, 1.54) is 16.8 Å². The van der Waals surface area contributed by atoms with Gasteiger partial charge in [0.05, 0.1) is 7.05 Å². The van der Waals surface area contributed by atoms with E-state index < -0.39 is 0 Å². The van der Waals surface area contributed by atoms with E-state index in [0.29, 0.717) is 19.8 Å². The summed E-state index contributed by atoms with van der Waals surface area (Å²) in [5, 5.41) is 0. The lowest BCUT2D eigenvalue weighted by Crippen LogP contribution is -2.87. The van der Waals surface area contributed by atoms with Gasteiger partial charge in [-0.1, -0.05) is 0 Å². The monoisotopic (exact) mass is 269 g/mol. The van der Waals surface area contributed by atoms with Crippen LogP contribution >= 0.6 is 0 Å². The summed E-state index contributed by atoms with van der Waals surface area (Å²) in [4.78, 5) is 32.1. The number of amides is 3. The summed E-state index contributed by atoms with van der Waals surface area (Å²) in [6, 6.07) is -0.281. The molecule has 2 heterocycles. The van der Waals surface area contributed by atoms with Gasteiger partial charge in [-0.2, -0.15) is 4.90 Å². The number of methoxy groups -OCH3 is 1. The van der Waals surface area contributed by atoms with Crippen LogP contribution in [0.25, 0.3) is 0 Å². The summed E-state index contributed by atoms with van der Waals surface area (Å²) in [5.74, 6) is 0.308. The summed E-state index contributed by atoms with van der Waals surface area (Å²) in [6.45, 7) is 2.89. The number of hydrogen-bond donors (Lipinski definition) is 1. The molecule has 0 spiro atoms. The molecule has 0 saturated carbocycles. The molecule has 7 heteroatoms. The fourth-order valence-electron chi connectivity index (χ4n) is 2.53. The number of rotatable bonds is 4. The minimum Gasteiger partial charge on any atom is -0.385 e. The van der Waals surface area contributed by atoms with E-state index in [-0.39, 0.29) is 17.9 Å². The van der Waals surface area contributed by atoms with Crippen molar-refractivity contribution in [1.29, 1.82) is 0 Å². The van der Waals surface area contributed by atoms with Crippen molar-refractivity contribution in [2.45, 2.75) is 6.42 Å². The molecular weight excluding hydrogens is 248 g/mol. The highest BCUT2D eigenvalue weighted by Gasteiger charge is 2.48. The van der Waals surface area contributed by atoms with Crippen LogP contribution in [0.2, 0.25) is 0 Å². The number of nitrogens with zero attached hydrogens (tertiary/aromatic N) is 3. The fraction of sp³-hybridized carbons (Fsp3) is 0.750. The molecule has 1 unspecified atom stereocenters. The Balaban J connectivity index is 2.07. The van der Waals surface area contributed by atoms with Crippen molar-refractivity contribution in [3.05, 3.63) is 0 Å². The summed E-state index contributed by atoms with van der Waals surface area (Å²) in [6.07, 6.45) is 0.930. The molecule has 2 aliphatic heterocycles. The summed E-state index contributed by atoms with van der Waals surface area (Å²) < 4.78 is 5.03. The lowest BCUT2D eigenvalue weighted by Gasteiger charge is -2.35. The maximum Gasteiger partial charge on any atom is 0.417 e. The molecule has 2 rings (SSSR count). The van der Waals surface area contributed by atoms with Gasteiger partial charge in [-0.3, -0.25) is 14.7 Å². The molecule has 19 heavy (non-hydrogen) atoms. The van der Waals surface area contributed by atoms with Gasteiger partial charge in [-0.05, 0) is 6.42 Å². The van der Waals surface area contributed by atoms with Crippen LogP contribution in [0.15, 0.2) is 0 Å². The Morgan fingerprint density at radius 3 is 2.74 bits per heavy atom. The van der Waals surface area contributed by atoms with Gasteiger partial charge in [0.1, 0.15) is 6.67 Å². The Hall–Kier alpha value is -1.47. The predicted octanol–water partition coefficient (Wildman–Crippen LogP) is -2.08. The van der Waals surface area contributed by atoms with Crippen LogP contribution in [0.4, 0.5) is 4.79 Å². The Bertz CT molecular complexity index is 410. The number of nitrogens with one attached hydrogen (secondary N) is 1. The Labute approximate surface area is 112 Å². The predicted molar refractivity (Wildman–Crippen MR) is 68.3 cm³/mol. The van der Waals surface area contributed by atoms with Crippen LogP contribution in [-0.4, -0.2) is 80.0 Å². The minimum atomic E-state index is -0.281. The van der Waals surface area contributed by atoms with Crippen molar-refractivity contribution >= 4 is 17.8 Å². The van der Waals surface area contributed by atoms with Crippen LogP contribution in [0.5, 0.6) is 0 Å². The standard InChI is InChI=1S/C12H20N4O3/c1-14-10-9(11(17)15(2)12(14)18)7-16(8-13-10)5-4-6-19-3/h9H,4-8H2,1-3H3/p+1. The quantitative estimate of drug-likeness (QED) is 0.595. The number of carbonyl (C=O) groups excluding carboxylic acids is 2. The smallest absolute Gasteiger partial charge is 0.385 e. The van der Waals surface area contributed by atoms with Crippen molar-refractivity contribution in [1.82, 2.24) is 14.7 Å². The summed E-state index contributed by atoms with van der Waals surface area (Å²) in [5.41, 5.74) is 0. The molecule has 0 aromatic rings. The zero-order valence-electron chi connectivity index (χ0n) is 11.7. The van der Waals surface area contributed by atoms with Crippen LogP contribution < -0.4 is 4.99 Å². The number of hydrogen-bond acceptors (Lipinski definition) is 4. The highest BCUT2D eigenvalue weighted by Crippen LogP contribution is 2.16. The largest absolute Gasteiger partial charge is 0.417 e. The van der Waals surface area contributed by atoms with E-state index in [1.807, 2.05) is 0 Å². The Kier molecular flexibility index (Phi) is 4.16. The second-order valence-electron chi connectivity index (χ2n) is 4.93. The van der Waals surface area contributed by atoms with Crippen molar-refractivity contribution in [3.8, 4) is 0 Å². The molecule has 106 valence electrons. The number of ether oxygens (including phenoxy) is 1. The molecule has 0 aliphatic carbocycles. The second-order valence-corrected chi connectivity index (χ2v) is 4.93. The van der Waals surface area contributed by atoms with E-state index >= 15 is 0 Å². The molecule has 7 nitrogen and oxygen atoms in total. The Morgan fingerprint density at radius 1 is 1.32 bits per heavy atom. The van der Waals surface area contributed by atoms with Crippen molar-refractivity contribution in [2.24, 2.45) is 5.92 Å². The molecule has 0 aromatic carbocycles. The molecule has 2 aliphatic rings. The van der Waals surface area contributed by atoms with Crippen molar-refractivity contribution in [3.63, 3.8) is 0 Å². The third kappa shape index (κ3) is 2.62. The third-order valence-corrected chi connectivity index (χ3v) is 3.64. The zero-order valence-corrected chi connectivity index (χ0v) is 11.7. The van der Waals surface area contributed by atoms with E-state index in [1.54, 1.807) is 14.2 Å². The van der Waals surface area contributed by atoms with Crippen LogP contribution in [0.1, 0.15) is 6.42 Å². The number of carbonyl (C=O) groups is 2. The van der Waals surface area contributed by atoms with Gasteiger partial charge in [-0.15, -0.1) is 0 Å². The normalized spacial score (nSPS) is 24.6. The molecule has 0 aromatic heterocycles. The molecule has 0 radical (unpaired) electrons. The average molecular weight is 269 g/mol. The zero-order chi connectivity index (χ0) is 14.0. The maximum atomic E-state index is 12.2. The maximum absolute atomic E-state index is 12.2. The average Bonchev–Trinajstić information content (AvgIpc) is 2.43. The topological polar surface area (TPSA) is 67.1 Å². The molecule has 1 atom stereocenters. The SMILES string of the molecule is COCCCN1C[NH+]=C2C(C1)C(=O)N(C)C(=O)N2C. The first-order valence-corrected chi connectivity index (χ1v) is 6.43. The molecule has 1 N–H and O–H groups in total. The van der Waals surface area contributed by atoms with Crippen LogP contribution in [0, 0.1) is 5.92 Å². The first-order chi connectivity index (χ1) is 9.06. The molecule has 0 bridgehead atoms. The first kappa shape index (κ1) is 14.0. The van der Waals surface area contributed by atoms with Gasteiger partial charge < -0.3 is 4.74 Å². The summed E-state index contributed by atoms with van der Waals surface area (Å²) in [7, 11) is 4.91. The number of fused-ring (bicyclic) bond motifs is 1. The molecule has 3 amide bonds. The number of urea groups is 1. The van der Waals surface area contributed by atoms with Gasteiger partial charge >= 0.3 is 6.03 Å². The highest BCUT2D eigenvalue weighted by molar-refractivity contribution is 6.16. The Morgan fingerprint density at radius 2 is 2.05 bits per heavy atom. The lowest BCUT2D eigenvalue weighted by molar-refractivity contribution is -0.499. The fourth-order valence-corrected chi connectivity index (χ4v) is 2.53. The molecule has 1 fully saturated rings. The van der Waals surface area contributed by atoms with Gasteiger partial charge in [0, 0.05) is 33.9 Å². The second kappa shape index (κ2) is 5.66. The number of imide groups is 1. The first-order valence-electron chi connectivity index (χ1n) is 6.43. The molecule has 1 saturated heterocycles. The van der Waals surface area contributed by atoms with Gasteiger partial charge in [-0.25, -0.2) is 9.69 Å². The van der Waals surface area contributed by atoms with Gasteiger partial charge in [0.25, 0.3) is 5.84 Å². The minimum absolute atomic E-state index is 0.137. The summed E-state index contributed by atoms with van der Waals surface area (Å²) >= 11 is 0.